The minimum Gasteiger partial charge on any atom is -0.497 e. The molecular formula is C25H29N3O4. The molecule has 2 aromatic carbocycles. The number of methoxy groups -OCH3 is 1. The van der Waals surface area contributed by atoms with E-state index in [2.05, 4.69) is 27.5 Å². The average molecular weight is 436 g/mol. The number of benzene rings is 2. The summed E-state index contributed by atoms with van der Waals surface area (Å²) in [5.41, 5.74) is 2.26. The van der Waals surface area contributed by atoms with Crippen LogP contribution in [-0.4, -0.2) is 49.3 Å². The molecule has 0 spiro atoms. The third-order valence-corrected chi connectivity index (χ3v) is 5.73. The number of likely N-dealkylation sites (tertiary alicyclic amines) is 1. The molecule has 0 aliphatic carbocycles. The Labute approximate surface area is 188 Å². The van der Waals surface area contributed by atoms with Crippen LogP contribution in [0.5, 0.6) is 11.5 Å². The van der Waals surface area contributed by atoms with E-state index in [0.717, 1.165) is 35.7 Å². The van der Waals surface area contributed by atoms with Gasteiger partial charge in [0.15, 0.2) is 11.5 Å². The zero-order valence-corrected chi connectivity index (χ0v) is 18.5. The monoisotopic (exact) mass is 435 g/mol. The Bertz CT molecular complexity index is 1010. The lowest BCUT2D eigenvalue weighted by molar-refractivity contribution is 0.0929. The summed E-state index contributed by atoms with van der Waals surface area (Å²) in [5.74, 6) is 1.91. The maximum absolute atomic E-state index is 12.8. The predicted molar refractivity (Wildman–Crippen MR) is 122 cm³/mol. The molecule has 1 unspecified atom stereocenters. The molecule has 1 N–H and O–H groups in total. The lowest BCUT2D eigenvalue weighted by Gasteiger charge is -2.28. The van der Waals surface area contributed by atoms with Gasteiger partial charge in [-0.25, -0.2) is 0 Å². The topological polar surface area (TPSA) is 76.8 Å². The van der Waals surface area contributed by atoms with Gasteiger partial charge in [0, 0.05) is 18.2 Å². The van der Waals surface area contributed by atoms with Gasteiger partial charge in [0.25, 0.3) is 5.91 Å². The Balaban J connectivity index is 1.43. The number of amides is 1. The van der Waals surface area contributed by atoms with Crippen molar-refractivity contribution in [1.82, 2.24) is 15.4 Å². The zero-order chi connectivity index (χ0) is 22.3. The highest BCUT2D eigenvalue weighted by Crippen LogP contribution is 2.27. The molecule has 4 rings (SSSR count). The molecule has 1 aromatic heterocycles. The lowest BCUT2D eigenvalue weighted by atomic mass is 10.1. The first-order valence-corrected chi connectivity index (χ1v) is 11.0. The van der Waals surface area contributed by atoms with Crippen LogP contribution in [0.4, 0.5) is 0 Å². The Kier molecular flexibility index (Phi) is 7.07. The Morgan fingerprint density at radius 2 is 1.78 bits per heavy atom. The first-order chi connectivity index (χ1) is 15.7. The van der Waals surface area contributed by atoms with E-state index in [1.165, 1.54) is 12.8 Å². The summed E-state index contributed by atoms with van der Waals surface area (Å²) in [6, 6.07) is 17.3. The second-order valence-corrected chi connectivity index (χ2v) is 7.78. The smallest absolute Gasteiger partial charge is 0.273 e. The lowest BCUT2D eigenvalue weighted by Crippen LogP contribution is -2.36. The minimum atomic E-state index is -0.247. The molecule has 1 atom stereocenters. The Morgan fingerprint density at radius 1 is 1.09 bits per heavy atom. The summed E-state index contributed by atoms with van der Waals surface area (Å²) >= 11 is 0. The first kappa shape index (κ1) is 21.9. The van der Waals surface area contributed by atoms with Crippen molar-refractivity contribution >= 4 is 5.91 Å². The van der Waals surface area contributed by atoms with E-state index in [0.29, 0.717) is 18.9 Å². The highest BCUT2D eigenvalue weighted by Gasteiger charge is 2.25. The standard InChI is InChI=1S/C25H29N3O4/c1-3-31-21-12-6-18(7-13-21)23(28-14-4-5-15-28)17-26-25(29)22-16-24(32-27-22)19-8-10-20(30-2)11-9-19/h6-13,16,23H,3-5,14-15,17H2,1-2H3,(H,26,29). The predicted octanol–water partition coefficient (Wildman–Crippen LogP) is 4.32. The molecule has 1 aliphatic heterocycles. The van der Waals surface area contributed by atoms with E-state index in [1.807, 2.05) is 43.3 Å². The number of rotatable bonds is 9. The van der Waals surface area contributed by atoms with Crippen molar-refractivity contribution in [3.05, 3.63) is 65.9 Å². The fourth-order valence-electron chi connectivity index (χ4n) is 4.02. The van der Waals surface area contributed by atoms with Crippen molar-refractivity contribution in [2.75, 3.05) is 33.4 Å². The van der Waals surface area contributed by atoms with Crippen LogP contribution in [0.25, 0.3) is 11.3 Å². The quantitative estimate of drug-likeness (QED) is 0.540. The van der Waals surface area contributed by atoms with Crippen molar-refractivity contribution in [1.29, 1.82) is 0 Å². The average Bonchev–Trinajstić information content (AvgIpc) is 3.53. The van der Waals surface area contributed by atoms with E-state index in [-0.39, 0.29) is 17.6 Å². The molecule has 0 saturated carbocycles. The summed E-state index contributed by atoms with van der Waals surface area (Å²) in [6.45, 7) is 5.16. The van der Waals surface area contributed by atoms with Crippen LogP contribution in [0.3, 0.4) is 0 Å². The molecule has 0 radical (unpaired) electrons. The van der Waals surface area contributed by atoms with E-state index in [1.54, 1.807) is 13.2 Å². The van der Waals surface area contributed by atoms with Crippen LogP contribution in [0.1, 0.15) is 41.9 Å². The molecule has 7 heteroatoms. The second-order valence-electron chi connectivity index (χ2n) is 7.78. The molecule has 0 bridgehead atoms. The number of hydrogen-bond donors (Lipinski definition) is 1. The zero-order valence-electron chi connectivity index (χ0n) is 18.5. The highest BCUT2D eigenvalue weighted by atomic mass is 16.5. The highest BCUT2D eigenvalue weighted by molar-refractivity contribution is 5.93. The van der Waals surface area contributed by atoms with Gasteiger partial charge in [0.05, 0.1) is 19.8 Å². The second kappa shape index (κ2) is 10.3. The minimum absolute atomic E-state index is 0.102. The number of nitrogens with zero attached hydrogens (tertiary/aromatic N) is 2. The van der Waals surface area contributed by atoms with Crippen LogP contribution < -0.4 is 14.8 Å². The van der Waals surface area contributed by atoms with Crippen molar-refractivity contribution in [2.24, 2.45) is 0 Å². The van der Waals surface area contributed by atoms with E-state index < -0.39 is 0 Å². The number of hydrogen-bond acceptors (Lipinski definition) is 6. The Morgan fingerprint density at radius 3 is 2.44 bits per heavy atom. The van der Waals surface area contributed by atoms with Gasteiger partial charge in [-0.2, -0.15) is 0 Å². The Hall–Kier alpha value is -3.32. The third-order valence-electron chi connectivity index (χ3n) is 5.73. The molecule has 1 saturated heterocycles. The van der Waals surface area contributed by atoms with Gasteiger partial charge in [0.2, 0.25) is 0 Å². The first-order valence-electron chi connectivity index (χ1n) is 11.0. The number of aromatic nitrogens is 1. The van der Waals surface area contributed by atoms with Crippen LogP contribution in [0.15, 0.2) is 59.1 Å². The maximum atomic E-state index is 12.8. The van der Waals surface area contributed by atoms with Crippen molar-refractivity contribution in [2.45, 2.75) is 25.8 Å². The largest absolute Gasteiger partial charge is 0.497 e. The molecular weight excluding hydrogens is 406 g/mol. The molecule has 1 fully saturated rings. The molecule has 7 nitrogen and oxygen atoms in total. The number of carbonyl (C=O) groups excluding carboxylic acids is 1. The molecule has 3 aromatic rings. The molecule has 2 heterocycles. The van der Waals surface area contributed by atoms with Crippen molar-refractivity contribution < 1.29 is 18.8 Å². The van der Waals surface area contributed by atoms with Crippen LogP contribution >= 0.6 is 0 Å². The summed E-state index contributed by atoms with van der Waals surface area (Å²) in [5, 5.41) is 7.01. The van der Waals surface area contributed by atoms with E-state index in [9.17, 15) is 4.79 Å². The van der Waals surface area contributed by atoms with Gasteiger partial charge in [-0.3, -0.25) is 9.69 Å². The fraction of sp³-hybridized carbons (Fsp3) is 0.360. The number of nitrogens with one attached hydrogen (secondary N) is 1. The molecule has 32 heavy (non-hydrogen) atoms. The SMILES string of the molecule is CCOc1ccc(C(CNC(=O)c2cc(-c3ccc(OC)cc3)on2)N2CCCC2)cc1. The van der Waals surface area contributed by atoms with E-state index >= 15 is 0 Å². The van der Waals surface area contributed by atoms with Gasteiger partial charge in [-0.05, 0) is 74.8 Å². The fourth-order valence-corrected chi connectivity index (χ4v) is 4.02. The maximum Gasteiger partial charge on any atom is 0.273 e. The molecule has 168 valence electrons. The number of ether oxygens (including phenoxy) is 2. The van der Waals surface area contributed by atoms with Gasteiger partial charge in [0.1, 0.15) is 11.5 Å². The molecule has 1 aliphatic rings. The summed E-state index contributed by atoms with van der Waals surface area (Å²) < 4.78 is 16.1. The van der Waals surface area contributed by atoms with Crippen molar-refractivity contribution in [3.63, 3.8) is 0 Å². The van der Waals surface area contributed by atoms with Gasteiger partial charge in [-0.15, -0.1) is 0 Å². The van der Waals surface area contributed by atoms with Gasteiger partial charge in [-0.1, -0.05) is 17.3 Å². The summed E-state index contributed by atoms with van der Waals surface area (Å²) in [6.07, 6.45) is 2.35. The van der Waals surface area contributed by atoms with Crippen LogP contribution in [0.2, 0.25) is 0 Å². The van der Waals surface area contributed by atoms with Gasteiger partial charge < -0.3 is 19.3 Å². The van der Waals surface area contributed by atoms with E-state index in [4.69, 9.17) is 14.0 Å². The summed E-state index contributed by atoms with van der Waals surface area (Å²) in [4.78, 5) is 15.2. The van der Waals surface area contributed by atoms with Crippen molar-refractivity contribution in [3.8, 4) is 22.8 Å². The van der Waals surface area contributed by atoms with Crippen LogP contribution in [0, 0.1) is 0 Å². The third kappa shape index (κ3) is 5.11. The normalized spacial score (nSPS) is 14.8. The van der Waals surface area contributed by atoms with Crippen LogP contribution in [-0.2, 0) is 0 Å². The number of carbonyl (C=O) groups is 1. The molecule has 1 amide bonds. The summed E-state index contributed by atoms with van der Waals surface area (Å²) in [7, 11) is 1.62. The van der Waals surface area contributed by atoms with Gasteiger partial charge >= 0.3 is 0 Å².